The second kappa shape index (κ2) is 5.38. The van der Waals surface area contributed by atoms with Crippen LogP contribution < -0.4 is 0 Å². The number of halogens is 3. The minimum absolute atomic E-state index is 0.146. The molecule has 1 atom stereocenters. The molecule has 4 heteroatoms. The summed E-state index contributed by atoms with van der Waals surface area (Å²) < 4.78 is 0.968. The van der Waals surface area contributed by atoms with Gasteiger partial charge in [-0.3, -0.25) is 4.98 Å². The fourth-order valence-corrected chi connectivity index (χ4v) is 2.46. The molecule has 0 spiro atoms. The quantitative estimate of drug-likeness (QED) is 0.727. The SMILES string of the molecule is CC(c1ccc(Br)cn1)c1ccc(Cl)cc1Cl. The molecule has 0 saturated carbocycles. The number of pyridine rings is 1. The summed E-state index contributed by atoms with van der Waals surface area (Å²) in [5.74, 6) is 0.146. The maximum atomic E-state index is 6.18. The van der Waals surface area contributed by atoms with E-state index in [4.69, 9.17) is 23.2 Å². The zero-order valence-corrected chi connectivity index (χ0v) is 12.2. The van der Waals surface area contributed by atoms with Gasteiger partial charge in [0, 0.05) is 32.3 Å². The highest BCUT2D eigenvalue weighted by Gasteiger charge is 2.13. The molecule has 0 aliphatic rings. The van der Waals surface area contributed by atoms with Crippen molar-refractivity contribution < 1.29 is 0 Å². The molecule has 1 unspecified atom stereocenters. The average molecular weight is 331 g/mol. The van der Waals surface area contributed by atoms with Gasteiger partial charge in [0.1, 0.15) is 0 Å². The highest BCUT2D eigenvalue weighted by Crippen LogP contribution is 2.31. The van der Waals surface area contributed by atoms with E-state index in [0.29, 0.717) is 10.0 Å². The van der Waals surface area contributed by atoms with E-state index in [0.717, 1.165) is 15.7 Å². The third kappa shape index (κ3) is 3.01. The second-order valence-electron chi connectivity index (χ2n) is 3.79. The van der Waals surface area contributed by atoms with Gasteiger partial charge in [-0.05, 0) is 45.8 Å². The Morgan fingerprint density at radius 1 is 1.18 bits per heavy atom. The Morgan fingerprint density at radius 3 is 2.53 bits per heavy atom. The molecular formula is C13H10BrCl2N. The Bertz CT molecular complexity index is 525. The molecule has 0 bridgehead atoms. The molecule has 1 aromatic heterocycles. The van der Waals surface area contributed by atoms with Gasteiger partial charge in [-0.2, -0.15) is 0 Å². The van der Waals surface area contributed by atoms with Crippen LogP contribution in [0.5, 0.6) is 0 Å². The topological polar surface area (TPSA) is 12.9 Å². The van der Waals surface area contributed by atoms with Crippen molar-refractivity contribution in [3.05, 3.63) is 62.3 Å². The highest BCUT2D eigenvalue weighted by molar-refractivity contribution is 9.10. The van der Waals surface area contributed by atoms with Gasteiger partial charge in [0.2, 0.25) is 0 Å². The Kier molecular flexibility index (Phi) is 4.08. The summed E-state index contributed by atoms with van der Waals surface area (Å²) in [5.41, 5.74) is 2.02. The van der Waals surface area contributed by atoms with Crippen LogP contribution in [0.1, 0.15) is 24.1 Å². The maximum Gasteiger partial charge on any atom is 0.0476 e. The first-order valence-electron chi connectivity index (χ1n) is 5.14. The number of aromatic nitrogens is 1. The van der Waals surface area contributed by atoms with Gasteiger partial charge in [-0.1, -0.05) is 36.2 Å². The molecule has 0 amide bonds. The lowest BCUT2D eigenvalue weighted by Gasteiger charge is -2.13. The zero-order chi connectivity index (χ0) is 12.4. The first kappa shape index (κ1) is 12.9. The van der Waals surface area contributed by atoms with E-state index in [1.165, 1.54) is 0 Å². The number of rotatable bonds is 2. The fraction of sp³-hybridized carbons (Fsp3) is 0.154. The van der Waals surface area contributed by atoms with Gasteiger partial charge < -0.3 is 0 Å². The summed E-state index contributed by atoms with van der Waals surface area (Å²) in [5, 5.41) is 1.32. The molecular weight excluding hydrogens is 321 g/mol. The monoisotopic (exact) mass is 329 g/mol. The maximum absolute atomic E-state index is 6.18. The Hall–Kier alpha value is -0.570. The molecule has 0 radical (unpaired) electrons. The predicted octanol–water partition coefficient (Wildman–Crippen LogP) is 5.30. The molecule has 2 rings (SSSR count). The normalized spacial score (nSPS) is 12.5. The Balaban J connectivity index is 2.36. The first-order chi connectivity index (χ1) is 8.08. The second-order valence-corrected chi connectivity index (χ2v) is 5.55. The summed E-state index contributed by atoms with van der Waals surface area (Å²) in [6, 6.07) is 9.51. The van der Waals surface area contributed by atoms with Crippen molar-refractivity contribution in [3.63, 3.8) is 0 Å². The molecule has 1 nitrogen and oxygen atoms in total. The fourth-order valence-electron chi connectivity index (χ4n) is 1.66. The summed E-state index contributed by atoms with van der Waals surface area (Å²) in [6.45, 7) is 2.07. The smallest absolute Gasteiger partial charge is 0.0476 e. The lowest BCUT2D eigenvalue weighted by atomic mass is 9.97. The predicted molar refractivity (Wildman–Crippen MR) is 75.9 cm³/mol. The van der Waals surface area contributed by atoms with Crippen molar-refractivity contribution in [2.45, 2.75) is 12.8 Å². The van der Waals surface area contributed by atoms with Crippen LogP contribution in [0, 0.1) is 0 Å². The van der Waals surface area contributed by atoms with Crippen LogP contribution in [-0.2, 0) is 0 Å². The van der Waals surface area contributed by atoms with Gasteiger partial charge in [0.15, 0.2) is 0 Å². The lowest BCUT2D eigenvalue weighted by molar-refractivity contribution is 0.870. The van der Waals surface area contributed by atoms with Crippen molar-refractivity contribution in [1.82, 2.24) is 4.98 Å². The molecule has 2 aromatic rings. The van der Waals surface area contributed by atoms with E-state index in [9.17, 15) is 0 Å². The standard InChI is InChI=1S/C13H10BrCl2N/c1-8(13-5-2-9(14)7-17-13)11-4-3-10(15)6-12(11)16/h2-8H,1H3. The van der Waals surface area contributed by atoms with Crippen LogP contribution in [0.15, 0.2) is 41.0 Å². The van der Waals surface area contributed by atoms with Gasteiger partial charge in [-0.25, -0.2) is 0 Å². The molecule has 0 saturated heterocycles. The molecule has 17 heavy (non-hydrogen) atoms. The van der Waals surface area contributed by atoms with Gasteiger partial charge >= 0.3 is 0 Å². The number of benzene rings is 1. The minimum Gasteiger partial charge on any atom is -0.259 e. The Morgan fingerprint density at radius 2 is 1.94 bits per heavy atom. The van der Waals surface area contributed by atoms with Crippen molar-refractivity contribution in [3.8, 4) is 0 Å². The van der Waals surface area contributed by atoms with Crippen molar-refractivity contribution in [1.29, 1.82) is 0 Å². The van der Waals surface area contributed by atoms with Crippen LogP contribution in [0.2, 0.25) is 10.0 Å². The lowest BCUT2D eigenvalue weighted by Crippen LogP contribution is -1.99. The Labute approximate surface area is 119 Å². The van der Waals surface area contributed by atoms with E-state index in [-0.39, 0.29) is 5.92 Å². The molecule has 0 aliphatic carbocycles. The molecule has 1 heterocycles. The van der Waals surface area contributed by atoms with Crippen LogP contribution >= 0.6 is 39.1 Å². The highest BCUT2D eigenvalue weighted by atomic mass is 79.9. The zero-order valence-electron chi connectivity index (χ0n) is 9.12. The summed E-state index contributed by atoms with van der Waals surface area (Å²) in [6.07, 6.45) is 1.79. The van der Waals surface area contributed by atoms with Crippen LogP contribution in [0.4, 0.5) is 0 Å². The largest absolute Gasteiger partial charge is 0.259 e. The third-order valence-corrected chi connectivity index (χ3v) is 3.65. The van der Waals surface area contributed by atoms with Crippen molar-refractivity contribution in [2.75, 3.05) is 0 Å². The van der Waals surface area contributed by atoms with Gasteiger partial charge in [0.05, 0.1) is 0 Å². The molecule has 1 aromatic carbocycles. The molecule has 0 fully saturated rings. The number of hydrogen-bond acceptors (Lipinski definition) is 1. The van der Waals surface area contributed by atoms with E-state index >= 15 is 0 Å². The average Bonchev–Trinajstić information content (AvgIpc) is 2.29. The van der Waals surface area contributed by atoms with Crippen LogP contribution in [0.25, 0.3) is 0 Å². The van der Waals surface area contributed by atoms with E-state index in [1.54, 1.807) is 12.3 Å². The third-order valence-electron chi connectivity index (χ3n) is 2.62. The van der Waals surface area contributed by atoms with Crippen molar-refractivity contribution >= 4 is 39.1 Å². The van der Waals surface area contributed by atoms with Gasteiger partial charge in [0.25, 0.3) is 0 Å². The first-order valence-corrected chi connectivity index (χ1v) is 6.69. The summed E-state index contributed by atoms with van der Waals surface area (Å²) in [4.78, 5) is 4.38. The van der Waals surface area contributed by atoms with E-state index in [1.807, 2.05) is 24.3 Å². The summed E-state index contributed by atoms with van der Waals surface area (Å²) in [7, 11) is 0. The molecule has 88 valence electrons. The number of hydrogen-bond donors (Lipinski definition) is 0. The van der Waals surface area contributed by atoms with Gasteiger partial charge in [-0.15, -0.1) is 0 Å². The van der Waals surface area contributed by atoms with E-state index < -0.39 is 0 Å². The minimum atomic E-state index is 0.146. The van der Waals surface area contributed by atoms with Crippen LogP contribution in [0.3, 0.4) is 0 Å². The van der Waals surface area contributed by atoms with Crippen molar-refractivity contribution in [2.24, 2.45) is 0 Å². The molecule has 0 N–H and O–H groups in total. The van der Waals surface area contributed by atoms with Crippen LogP contribution in [-0.4, -0.2) is 4.98 Å². The molecule has 0 aliphatic heterocycles. The number of nitrogens with zero attached hydrogens (tertiary/aromatic N) is 1. The van der Waals surface area contributed by atoms with E-state index in [2.05, 4.69) is 27.8 Å². The summed E-state index contributed by atoms with van der Waals surface area (Å²) >= 11 is 15.4.